The Labute approximate surface area is 183 Å². The number of carbonyl (C=O) groups is 1. The summed E-state index contributed by atoms with van der Waals surface area (Å²) in [4.78, 5) is 18.3. The molecule has 1 aromatic carbocycles. The van der Waals surface area contributed by atoms with Gasteiger partial charge in [-0.1, -0.05) is 54.1 Å². The number of benzene rings is 1. The number of anilines is 1. The second-order valence-corrected chi connectivity index (χ2v) is 8.07. The van der Waals surface area contributed by atoms with Gasteiger partial charge in [0.25, 0.3) is 0 Å². The number of nitrogens with two attached hydrogens (primary N) is 1. The van der Waals surface area contributed by atoms with Gasteiger partial charge in [-0.15, -0.1) is 0 Å². The van der Waals surface area contributed by atoms with Crippen LogP contribution in [0.2, 0.25) is 0 Å². The molecule has 0 unspecified atom stereocenters. The molecule has 0 bridgehead atoms. The lowest BCUT2D eigenvalue weighted by atomic mass is 9.99. The van der Waals surface area contributed by atoms with E-state index in [0.717, 1.165) is 41.8 Å². The van der Waals surface area contributed by atoms with E-state index < -0.39 is 5.91 Å². The van der Waals surface area contributed by atoms with E-state index in [1.165, 1.54) is 11.1 Å². The average Bonchev–Trinajstić information content (AvgIpc) is 3.20. The standard InChI is InChI=1S/C26H28N4O/c1-19(8-9-20(2)25(27)31)18-30-15-12-23-16-24(17-28-26(23)30)29-13-10-22(11-14-29)21-6-4-3-5-7-21/h3-10,12,15-17H,11,13-14,18H2,1-2H3,(H2,27,31)/b19-8+,20-9+. The zero-order valence-corrected chi connectivity index (χ0v) is 18.1. The van der Waals surface area contributed by atoms with Crippen LogP contribution in [0.15, 0.2) is 84.2 Å². The predicted octanol–water partition coefficient (Wildman–Crippen LogP) is 4.71. The molecule has 0 atom stereocenters. The van der Waals surface area contributed by atoms with E-state index in [1.807, 2.05) is 19.2 Å². The van der Waals surface area contributed by atoms with Crippen LogP contribution in [0.4, 0.5) is 5.69 Å². The quantitative estimate of drug-likeness (QED) is 0.471. The molecule has 0 fully saturated rings. The third-order valence-corrected chi connectivity index (χ3v) is 5.73. The highest BCUT2D eigenvalue weighted by Crippen LogP contribution is 2.27. The number of hydrogen-bond donors (Lipinski definition) is 1. The van der Waals surface area contributed by atoms with Gasteiger partial charge in [-0.3, -0.25) is 4.79 Å². The van der Waals surface area contributed by atoms with Crippen LogP contribution >= 0.6 is 0 Å². The fourth-order valence-corrected chi connectivity index (χ4v) is 3.86. The molecule has 0 radical (unpaired) electrons. The molecule has 5 heteroatoms. The number of fused-ring (bicyclic) bond motifs is 1. The van der Waals surface area contributed by atoms with Gasteiger partial charge in [0, 0.05) is 36.8 Å². The Bertz CT molecular complexity index is 1180. The van der Waals surface area contributed by atoms with Crippen molar-refractivity contribution < 1.29 is 4.79 Å². The summed E-state index contributed by atoms with van der Waals surface area (Å²) in [6.07, 6.45) is 11.1. The summed E-state index contributed by atoms with van der Waals surface area (Å²) in [5.74, 6) is -0.395. The second-order valence-electron chi connectivity index (χ2n) is 8.07. The molecule has 1 aliphatic rings. The van der Waals surface area contributed by atoms with Gasteiger partial charge >= 0.3 is 0 Å². The zero-order chi connectivity index (χ0) is 21.8. The molecular weight excluding hydrogens is 384 g/mol. The van der Waals surface area contributed by atoms with Gasteiger partial charge < -0.3 is 15.2 Å². The third kappa shape index (κ3) is 4.77. The SMILES string of the molecule is C/C(=C\C=C(/C)C(N)=O)Cn1ccc2cc(N3CC=C(c4ccccc4)CC3)cnc21. The number of primary amides is 1. The summed E-state index contributed by atoms with van der Waals surface area (Å²) in [7, 11) is 0. The molecule has 0 spiro atoms. The molecule has 3 heterocycles. The van der Waals surface area contributed by atoms with Gasteiger partial charge in [-0.2, -0.15) is 0 Å². The molecule has 2 aromatic heterocycles. The van der Waals surface area contributed by atoms with Gasteiger partial charge in [0.1, 0.15) is 5.65 Å². The van der Waals surface area contributed by atoms with Gasteiger partial charge in [-0.05, 0) is 43.5 Å². The molecular formula is C26H28N4O. The molecule has 31 heavy (non-hydrogen) atoms. The van der Waals surface area contributed by atoms with E-state index in [0.29, 0.717) is 12.1 Å². The summed E-state index contributed by atoms with van der Waals surface area (Å²) in [5, 5.41) is 1.13. The third-order valence-electron chi connectivity index (χ3n) is 5.73. The number of nitrogens with zero attached hydrogens (tertiary/aromatic N) is 3. The lowest BCUT2D eigenvalue weighted by Gasteiger charge is -2.28. The first-order chi connectivity index (χ1) is 15.0. The van der Waals surface area contributed by atoms with Crippen LogP contribution < -0.4 is 10.6 Å². The van der Waals surface area contributed by atoms with E-state index in [2.05, 4.69) is 64.2 Å². The summed E-state index contributed by atoms with van der Waals surface area (Å²) in [5.41, 5.74) is 11.8. The first-order valence-corrected chi connectivity index (χ1v) is 10.6. The highest BCUT2D eigenvalue weighted by molar-refractivity contribution is 5.91. The van der Waals surface area contributed by atoms with Crippen LogP contribution in [0.25, 0.3) is 16.6 Å². The number of allylic oxidation sites excluding steroid dienone is 3. The Kier molecular flexibility index (Phi) is 6.03. The highest BCUT2D eigenvalue weighted by atomic mass is 16.1. The number of aromatic nitrogens is 2. The lowest BCUT2D eigenvalue weighted by Crippen LogP contribution is -2.28. The summed E-state index contributed by atoms with van der Waals surface area (Å²) in [6.45, 7) is 6.35. The Morgan fingerprint density at radius 3 is 2.68 bits per heavy atom. The van der Waals surface area contributed by atoms with Crippen LogP contribution in [-0.4, -0.2) is 28.5 Å². The van der Waals surface area contributed by atoms with Crippen molar-refractivity contribution >= 4 is 28.2 Å². The molecule has 0 saturated heterocycles. The van der Waals surface area contributed by atoms with Crippen LogP contribution in [0.5, 0.6) is 0 Å². The molecule has 3 aromatic rings. The number of rotatable bonds is 6. The number of hydrogen-bond acceptors (Lipinski definition) is 3. The molecule has 1 amide bonds. The summed E-state index contributed by atoms with van der Waals surface area (Å²) >= 11 is 0. The average molecular weight is 413 g/mol. The van der Waals surface area contributed by atoms with Crippen molar-refractivity contribution in [2.24, 2.45) is 5.73 Å². The van der Waals surface area contributed by atoms with Crippen molar-refractivity contribution in [3.63, 3.8) is 0 Å². The maximum absolute atomic E-state index is 11.2. The lowest BCUT2D eigenvalue weighted by molar-refractivity contribution is -0.114. The van der Waals surface area contributed by atoms with Crippen molar-refractivity contribution in [3.8, 4) is 0 Å². The van der Waals surface area contributed by atoms with Crippen LogP contribution in [-0.2, 0) is 11.3 Å². The Morgan fingerprint density at radius 2 is 1.97 bits per heavy atom. The molecule has 0 saturated carbocycles. The summed E-state index contributed by atoms with van der Waals surface area (Å²) in [6, 6.07) is 14.9. The molecule has 5 nitrogen and oxygen atoms in total. The Morgan fingerprint density at radius 1 is 1.16 bits per heavy atom. The maximum Gasteiger partial charge on any atom is 0.244 e. The van der Waals surface area contributed by atoms with Gasteiger partial charge in [0.05, 0.1) is 11.9 Å². The molecule has 158 valence electrons. The van der Waals surface area contributed by atoms with Crippen molar-refractivity contribution in [1.29, 1.82) is 0 Å². The van der Waals surface area contributed by atoms with Crippen LogP contribution in [0.3, 0.4) is 0 Å². The van der Waals surface area contributed by atoms with Crippen molar-refractivity contribution in [2.75, 3.05) is 18.0 Å². The second kappa shape index (κ2) is 9.04. The van der Waals surface area contributed by atoms with E-state index in [9.17, 15) is 4.79 Å². The normalized spacial score (nSPS) is 15.3. The number of pyridine rings is 1. The smallest absolute Gasteiger partial charge is 0.244 e. The topological polar surface area (TPSA) is 64.2 Å². The number of amides is 1. The van der Waals surface area contributed by atoms with Crippen molar-refractivity contribution in [3.05, 3.63) is 89.8 Å². The minimum Gasteiger partial charge on any atom is -0.366 e. The fourth-order valence-electron chi connectivity index (χ4n) is 3.86. The van der Waals surface area contributed by atoms with Crippen LogP contribution in [0.1, 0.15) is 25.8 Å². The molecule has 0 aliphatic carbocycles. The largest absolute Gasteiger partial charge is 0.366 e. The Hall–Kier alpha value is -3.60. The molecule has 4 rings (SSSR count). The maximum atomic E-state index is 11.2. The molecule has 1 aliphatic heterocycles. The zero-order valence-electron chi connectivity index (χ0n) is 18.1. The van der Waals surface area contributed by atoms with E-state index in [1.54, 1.807) is 13.0 Å². The van der Waals surface area contributed by atoms with E-state index in [4.69, 9.17) is 10.7 Å². The Balaban J connectivity index is 1.48. The van der Waals surface area contributed by atoms with Crippen LogP contribution in [0, 0.1) is 0 Å². The predicted molar refractivity (Wildman–Crippen MR) is 128 cm³/mol. The minimum absolute atomic E-state index is 0.395. The monoisotopic (exact) mass is 412 g/mol. The molecule has 2 N–H and O–H groups in total. The highest BCUT2D eigenvalue weighted by Gasteiger charge is 2.15. The van der Waals surface area contributed by atoms with Gasteiger partial charge in [0.15, 0.2) is 0 Å². The van der Waals surface area contributed by atoms with Crippen molar-refractivity contribution in [2.45, 2.75) is 26.8 Å². The fraction of sp³-hybridized carbons (Fsp3) is 0.231. The first kappa shape index (κ1) is 20.7. The number of carbonyl (C=O) groups excluding carboxylic acids is 1. The van der Waals surface area contributed by atoms with E-state index in [-0.39, 0.29) is 0 Å². The minimum atomic E-state index is -0.395. The van der Waals surface area contributed by atoms with E-state index >= 15 is 0 Å². The van der Waals surface area contributed by atoms with Crippen molar-refractivity contribution in [1.82, 2.24) is 9.55 Å². The first-order valence-electron chi connectivity index (χ1n) is 10.6. The van der Waals surface area contributed by atoms with Gasteiger partial charge in [0.2, 0.25) is 5.91 Å². The summed E-state index contributed by atoms with van der Waals surface area (Å²) < 4.78 is 2.13. The van der Waals surface area contributed by atoms with Gasteiger partial charge in [-0.25, -0.2) is 4.98 Å².